The van der Waals surface area contributed by atoms with E-state index in [0.717, 1.165) is 17.7 Å². The van der Waals surface area contributed by atoms with Crippen LogP contribution in [-0.2, 0) is 16.8 Å². The number of pyridine rings is 1. The summed E-state index contributed by atoms with van der Waals surface area (Å²) in [6.07, 6.45) is -2.43. The number of nitrogens with one attached hydrogen (secondary N) is 2. The van der Waals surface area contributed by atoms with E-state index in [1.165, 1.54) is 25.4 Å². The zero-order valence-corrected chi connectivity index (χ0v) is 15.7. The Hall–Kier alpha value is -2.11. The number of aryl methyl sites for hydroxylation is 1. The van der Waals surface area contributed by atoms with Crippen LogP contribution in [-0.4, -0.2) is 37.8 Å². The fourth-order valence-corrected chi connectivity index (χ4v) is 3.86. The van der Waals surface area contributed by atoms with Gasteiger partial charge in [-0.15, -0.1) is 0 Å². The van der Waals surface area contributed by atoms with Crippen LogP contribution in [0.25, 0.3) is 0 Å². The van der Waals surface area contributed by atoms with Gasteiger partial charge in [-0.25, -0.2) is 18.3 Å². The first-order chi connectivity index (χ1) is 12.3. The lowest BCUT2D eigenvalue weighted by Crippen LogP contribution is -2.43. The van der Waals surface area contributed by atoms with Crippen molar-refractivity contribution in [3.8, 4) is 0 Å². The quantitative estimate of drug-likeness (QED) is 0.438. The number of carbonyl (C=O) groups is 1. The molecule has 2 N–H and O–H groups in total. The van der Waals surface area contributed by atoms with Gasteiger partial charge in [0, 0.05) is 25.1 Å². The van der Waals surface area contributed by atoms with Gasteiger partial charge in [0.05, 0.1) is 14.6 Å². The number of nitrogens with zero attached hydrogens (tertiary/aromatic N) is 2. The number of hydrogen-bond acceptors (Lipinski definition) is 3. The molecule has 1 unspecified atom stereocenters. The SMILES string of the molecule is C=S(=O)(N[C@H](C)C(F)(F)F)c1cn(C)c(C(=O)Nc2ccnc(Cl)c2)c1F. The highest BCUT2D eigenvalue weighted by Crippen LogP contribution is 2.25. The molecule has 0 saturated heterocycles. The number of anilines is 1. The molecule has 0 aromatic carbocycles. The molecule has 2 aromatic heterocycles. The third-order valence-electron chi connectivity index (χ3n) is 3.50. The highest BCUT2D eigenvalue weighted by molar-refractivity contribution is 7.98. The van der Waals surface area contributed by atoms with E-state index in [9.17, 15) is 26.6 Å². The molecule has 2 heterocycles. The average molecular weight is 427 g/mol. The van der Waals surface area contributed by atoms with Crippen LogP contribution in [0.5, 0.6) is 0 Å². The molecule has 0 aliphatic rings. The van der Waals surface area contributed by atoms with Gasteiger partial charge in [-0.3, -0.25) is 4.79 Å². The lowest BCUT2D eigenvalue weighted by Gasteiger charge is -2.19. The average Bonchev–Trinajstić information content (AvgIpc) is 2.81. The number of carbonyl (C=O) groups excluding carboxylic acids is 1. The summed E-state index contributed by atoms with van der Waals surface area (Å²) in [6, 6.07) is 0.527. The monoisotopic (exact) mass is 426 g/mol. The highest BCUT2D eigenvalue weighted by atomic mass is 35.5. The first-order valence-corrected chi connectivity index (χ1v) is 9.42. The molecule has 0 saturated carbocycles. The van der Waals surface area contributed by atoms with Gasteiger partial charge < -0.3 is 9.88 Å². The molecule has 0 spiro atoms. The predicted molar refractivity (Wildman–Crippen MR) is 94.8 cm³/mol. The van der Waals surface area contributed by atoms with Gasteiger partial charge in [-0.1, -0.05) is 11.6 Å². The summed E-state index contributed by atoms with van der Waals surface area (Å²) in [4.78, 5) is 15.4. The molecule has 0 bridgehead atoms. The second-order valence-corrected chi connectivity index (χ2v) is 8.06. The third-order valence-corrected chi connectivity index (χ3v) is 5.44. The zero-order chi connectivity index (χ0) is 20.6. The lowest BCUT2D eigenvalue weighted by atomic mass is 10.3. The van der Waals surface area contributed by atoms with Crippen molar-refractivity contribution >= 4 is 38.8 Å². The smallest absolute Gasteiger partial charge is 0.343 e. The summed E-state index contributed by atoms with van der Waals surface area (Å²) in [5.41, 5.74) is -0.308. The first-order valence-electron chi connectivity index (χ1n) is 7.32. The maximum absolute atomic E-state index is 14.7. The minimum Gasteiger partial charge on any atom is -0.343 e. The van der Waals surface area contributed by atoms with Crippen molar-refractivity contribution in [1.29, 1.82) is 0 Å². The zero-order valence-electron chi connectivity index (χ0n) is 14.1. The largest absolute Gasteiger partial charge is 0.404 e. The molecular weight excluding hydrogens is 412 g/mol. The molecule has 2 aromatic rings. The van der Waals surface area contributed by atoms with E-state index in [2.05, 4.69) is 16.2 Å². The second-order valence-electron chi connectivity index (χ2n) is 5.64. The maximum atomic E-state index is 14.7. The molecular formula is C15H15ClF4N4O2S. The molecule has 0 aliphatic carbocycles. The van der Waals surface area contributed by atoms with Crippen LogP contribution >= 0.6 is 11.6 Å². The molecule has 2 rings (SSSR count). The number of rotatable bonds is 5. The van der Waals surface area contributed by atoms with E-state index in [0.29, 0.717) is 0 Å². The topological polar surface area (TPSA) is 76.0 Å². The standard InChI is InChI=1S/C15H15ClF4N4O2S/c1-8(15(18,19)20)23-27(3,26)10-7-24(2)13(12(10)17)14(25)22-9-4-5-21-11(16)6-9/h4-8H,3H2,1-2H3,(H,23,26)(H,21,22,25)/t8-,27?/m1/s1. The van der Waals surface area contributed by atoms with Gasteiger partial charge in [-0.05, 0) is 24.9 Å². The first kappa shape index (κ1) is 21.2. The summed E-state index contributed by atoms with van der Waals surface area (Å²) in [5.74, 6) is 1.02. The minimum atomic E-state index is -4.70. The summed E-state index contributed by atoms with van der Waals surface area (Å²) >= 11 is 5.70. The number of aromatic nitrogens is 2. The van der Waals surface area contributed by atoms with Gasteiger partial charge in [-0.2, -0.15) is 13.2 Å². The van der Waals surface area contributed by atoms with Crippen molar-refractivity contribution in [3.63, 3.8) is 0 Å². The number of amides is 1. The Bertz CT molecular complexity index is 973. The Morgan fingerprint density at radius 2 is 2.07 bits per heavy atom. The number of alkyl halides is 3. The van der Waals surface area contributed by atoms with E-state index in [4.69, 9.17) is 11.6 Å². The van der Waals surface area contributed by atoms with Crippen LogP contribution in [0.15, 0.2) is 29.4 Å². The summed E-state index contributed by atoms with van der Waals surface area (Å²) in [5, 5.41) is 2.46. The van der Waals surface area contributed by atoms with Gasteiger partial charge in [0.25, 0.3) is 5.91 Å². The van der Waals surface area contributed by atoms with E-state index in [1.54, 1.807) is 4.72 Å². The van der Waals surface area contributed by atoms with Crippen molar-refractivity contribution in [1.82, 2.24) is 14.3 Å². The Morgan fingerprint density at radius 1 is 1.44 bits per heavy atom. The van der Waals surface area contributed by atoms with Crippen LogP contribution in [0, 0.1) is 5.82 Å². The Labute approximate surface area is 157 Å². The van der Waals surface area contributed by atoms with E-state index < -0.39 is 44.2 Å². The van der Waals surface area contributed by atoms with E-state index in [1.807, 2.05) is 0 Å². The van der Waals surface area contributed by atoms with Gasteiger partial charge in [0.15, 0.2) is 5.82 Å². The van der Waals surface area contributed by atoms with E-state index >= 15 is 0 Å². The van der Waals surface area contributed by atoms with E-state index in [-0.39, 0.29) is 10.8 Å². The number of hydrogen-bond donors (Lipinski definition) is 2. The maximum Gasteiger partial charge on any atom is 0.404 e. The fourth-order valence-electron chi connectivity index (χ4n) is 2.14. The van der Waals surface area contributed by atoms with Crippen molar-refractivity contribution in [3.05, 3.63) is 41.2 Å². The van der Waals surface area contributed by atoms with Crippen molar-refractivity contribution in [2.24, 2.45) is 7.05 Å². The molecule has 2 atom stereocenters. The molecule has 27 heavy (non-hydrogen) atoms. The molecule has 12 heteroatoms. The van der Waals surface area contributed by atoms with Crippen molar-refractivity contribution in [2.45, 2.75) is 24.0 Å². The fraction of sp³-hybridized carbons (Fsp3) is 0.267. The summed E-state index contributed by atoms with van der Waals surface area (Å²) < 4.78 is 68.1. The van der Waals surface area contributed by atoms with Crippen molar-refractivity contribution in [2.75, 3.05) is 5.32 Å². The van der Waals surface area contributed by atoms with Crippen LogP contribution in [0.4, 0.5) is 23.2 Å². The van der Waals surface area contributed by atoms with Gasteiger partial charge in [0.2, 0.25) is 0 Å². The molecule has 1 amide bonds. The second kappa shape index (κ2) is 7.49. The lowest BCUT2D eigenvalue weighted by molar-refractivity contribution is -0.146. The van der Waals surface area contributed by atoms with Crippen LogP contribution in [0.3, 0.4) is 0 Å². The summed E-state index contributed by atoms with van der Waals surface area (Å²) in [6.45, 7) is 0.729. The Morgan fingerprint density at radius 3 is 2.63 bits per heavy atom. The Balaban J connectivity index is 2.34. The third kappa shape index (κ3) is 4.79. The van der Waals surface area contributed by atoms with Gasteiger partial charge in [0.1, 0.15) is 16.9 Å². The Kier molecular flexibility index (Phi) is 5.88. The van der Waals surface area contributed by atoms with Crippen LogP contribution < -0.4 is 10.0 Å². The number of halogens is 5. The van der Waals surface area contributed by atoms with Crippen LogP contribution in [0.1, 0.15) is 17.4 Å². The van der Waals surface area contributed by atoms with Crippen molar-refractivity contribution < 1.29 is 26.6 Å². The molecule has 0 fully saturated rings. The minimum absolute atomic E-state index is 0.0898. The molecule has 148 valence electrons. The summed E-state index contributed by atoms with van der Waals surface area (Å²) in [7, 11) is -2.58. The molecule has 0 aliphatic heterocycles. The highest BCUT2D eigenvalue weighted by Gasteiger charge is 2.38. The molecule has 6 nitrogen and oxygen atoms in total. The van der Waals surface area contributed by atoms with Gasteiger partial charge >= 0.3 is 6.18 Å². The predicted octanol–water partition coefficient (Wildman–Crippen LogP) is 3.00. The van der Waals surface area contributed by atoms with Crippen LogP contribution in [0.2, 0.25) is 5.15 Å². The normalized spacial score (nSPS) is 15.2. The molecule has 0 radical (unpaired) electrons.